The molecular formula is C14H21N3O3S. The Labute approximate surface area is 125 Å². The van der Waals surface area contributed by atoms with E-state index in [1.165, 1.54) is 6.07 Å². The maximum absolute atomic E-state index is 12.1. The van der Waals surface area contributed by atoms with E-state index in [0.29, 0.717) is 17.8 Å². The quantitative estimate of drug-likeness (QED) is 0.846. The van der Waals surface area contributed by atoms with Crippen molar-refractivity contribution < 1.29 is 13.2 Å². The van der Waals surface area contributed by atoms with Crippen LogP contribution in [0.3, 0.4) is 0 Å². The zero-order valence-electron chi connectivity index (χ0n) is 12.5. The number of rotatable bonds is 5. The SMILES string of the molecule is CN(C)c1ccc(C(=O)NCC2(C)CC2)cc1S(N)(=O)=O. The smallest absolute Gasteiger partial charge is 0.251 e. The van der Waals surface area contributed by atoms with Crippen LogP contribution >= 0.6 is 0 Å². The Morgan fingerprint density at radius 2 is 2.00 bits per heavy atom. The Kier molecular flexibility index (Phi) is 3.99. The molecule has 7 heteroatoms. The molecule has 0 saturated heterocycles. The van der Waals surface area contributed by atoms with Crippen LogP contribution in [0.1, 0.15) is 30.1 Å². The first-order valence-electron chi connectivity index (χ1n) is 6.75. The van der Waals surface area contributed by atoms with Gasteiger partial charge in [0.1, 0.15) is 4.90 Å². The van der Waals surface area contributed by atoms with Gasteiger partial charge in [-0.3, -0.25) is 4.79 Å². The molecule has 1 aromatic rings. The number of nitrogens with one attached hydrogen (secondary N) is 1. The summed E-state index contributed by atoms with van der Waals surface area (Å²) in [5.41, 5.74) is 0.958. The lowest BCUT2D eigenvalue weighted by Crippen LogP contribution is -2.29. The highest BCUT2D eigenvalue weighted by molar-refractivity contribution is 7.89. The van der Waals surface area contributed by atoms with Gasteiger partial charge in [0.25, 0.3) is 5.91 Å². The first-order chi connectivity index (χ1) is 9.62. The Bertz CT molecular complexity index is 664. The zero-order chi connectivity index (χ0) is 15.8. The summed E-state index contributed by atoms with van der Waals surface area (Å²) in [7, 11) is -0.447. The molecule has 0 unspecified atom stereocenters. The van der Waals surface area contributed by atoms with Crippen molar-refractivity contribution >= 4 is 21.6 Å². The standard InChI is InChI=1S/C14H21N3O3S/c1-14(6-7-14)9-16-13(18)10-4-5-11(17(2)3)12(8-10)21(15,19)20/h4-5,8H,6-7,9H2,1-3H3,(H,16,18)(H2,15,19,20). The van der Waals surface area contributed by atoms with Gasteiger partial charge in [-0.2, -0.15) is 0 Å². The molecular weight excluding hydrogens is 290 g/mol. The molecule has 0 atom stereocenters. The van der Waals surface area contributed by atoms with E-state index < -0.39 is 10.0 Å². The van der Waals surface area contributed by atoms with Gasteiger partial charge in [0.05, 0.1) is 5.69 Å². The highest BCUT2D eigenvalue weighted by Crippen LogP contribution is 2.44. The third-order valence-corrected chi connectivity index (χ3v) is 4.73. The van der Waals surface area contributed by atoms with Crippen molar-refractivity contribution in [3.8, 4) is 0 Å². The number of hydrogen-bond donors (Lipinski definition) is 2. The number of nitrogens with two attached hydrogens (primary N) is 1. The van der Waals surface area contributed by atoms with E-state index in [1.807, 2.05) is 0 Å². The van der Waals surface area contributed by atoms with Crippen LogP contribution < -0.4 is 15.4 Å². The van der Waals surface area contributed by atoms with E-state index in [4.69, 9.17) is 5.14 Å². The van der Waals surface area contributed by atoms with Crippen molar-refractivity contribution in [2.45, 2.75) is 24.7 Å². The fourth-order valence-electron chi connectivity index (χ4n) is 2.04. The minimum atomic E-state index is -3.89. The maximum Gasteiger partial charge on any atom is 0.251 e. The third kappa shape index (κ3) is 3.74. The highest BCUT2D eigenvalue weighted by Gasteiger charge is 2.37. The first kappa shape index (κ1) is 15.8. The van der Waals surface area contributed by atoms with E-state index in [2.05, 4.69) is 12.2 Å². The number of carbonyl (C=O) groups excluding carboxylic acids is 1. The van der Waals surface area contributed by atoms with E-state index in [1.54, 1.807) is 31.1 Å². The predicted molar refractivity (Wildman–Crippen MR) is 81.8 cm³/mol. The van der Waals surface area contributed by atoms with Gasteiger partial charge in [0.2, 0.25) is 10.0 Å². The molecule has 6 nitrogen and oxygen atoms in total. The van der Waals surface area contributed by atoms with Crippen LogP contribution in [0.5, 0.6) is 0 Å². The summed E-state index contributed by atoms with van der Waals surface area (Å²) >= 11 is 0. The molecule has 1 aromatic carbocycles. The lowest BCUT2D eigenvalue weighted by atomic mass is 10.1. The lowest BCUT2D eigenvalue weighted by molar-refractivity contribution is 0.0946. The fraction of sp³-hybridized carbons (Fsp3) is 0.500. The largest absolute Gasteiger partial charge is 0.377 e. The second-order valence-electron chi connectivity index (χ2n) is 6.12. The van der Waals surface area contributed by atoms with E-state index in [-0.39, 0.29) is 16.2 Å². The van der Waals surface area contributed by atoms with Crippen LogP contribution in [-0.2, 0) is 10.0 Å². The Morgan fingerprint density at radius 1 is 1.38 bits per heavy atom. The molecule has 1 saturated carbocycles. The number of amides is 1. The molecule has 0 radical (unpaired) electrons. The van der Waals surface area contributed by atoms with Gasteiger partial charge in [-0.15, -0.1) is 0 Å². The van der Waals surface area contributed by atoms with E-state index in [9.17, 15) is 13.2 Å². The molecule has 0 aliphatic heterocycles. The maximum atomic E-state index is 12.1. The molecule has 2 rings (SSSR count). The Balaban J connectivity index is 2.26. The van der Waals surface area contributed by atoms with Crippen LogP contribution in [0.15, 0.2) is 23.1 Å². The topological polar surface area (TPSA) is 92.5 Å². The number of hydrogen-bond acceptors (Lipinski definition) is 4. The average Bonchev–Trinajstić information content (AvgIpc) is 3.12. The van der Waals surface area contributed by atoms with Crippen molar-refractivity contribution in [3.63, 3.8) is 0 Å². The summed E-state index contributed by atoms with van der Waals surface area (Å²) in [6.45, 7) is 2.71. The first-order valence-corrected chi connectivity index (χ1v) is 8.29. The number of nitrogens with zero attached hydrogens (tertiary/aromatic N) is 1. The summed E-state index contributed by atoms with van der Waals surface area (Å²) in [6, 6.07) is 4.53. The minimum Gasteiger partial charge on any atom is -0.377 e. The summed E-state index contributed by atoms with van der Waals surface area (Å²) in [5.74, 6) is -0.279. The predicted octanol–water partition coefficient (Wildman–Crippen LogP) is 0.930. The number of benzene rings is 1. The minimum absolute atomic E-state index is 0.0437. The summed E-state index contributed by atoms with van der Waals surface area (Å²) in [5, 5.41) is 8.07. The van der Waals surface area contributed by atoms with Gasteiger partial charge in [-0.05, 0) is 36.5 Å². The van der Waals surface area contributed by atoms with Crippen LogP contribution in [0.25, 0.3) is 0 Å². The monoisotopic (exact) mass is 311 g/mol. The summed E-state index contributed by atoms with van der Waals surface area (Å²) in [6.07, 6.45) is 2.21. The van der Waals surface area contributed by atoms with Crippen LogP contribution in [0, 0.1) is 5.41 Å². The molecule has 1 aliphatic carbocycles. The fourth-order valence-corrected chi connectivity index (χ4v) is 2.87. The van der Waals surface area contributed by atoms with Gasteiger partial charge in [0, 0.05) is 26.2 Å². The lowest BCUT2D eigenvalue weighted by Gasteiger charge is -2.17. The van der Waals surface area contributed by atoms with Gasteiger partial charge in [0.15, 0.2) is 0 Å². The molecule has 0 spiro atoms. The van der Waals surface area contributed by atoms with Gasteiger partial charge < -0.3 is 10.2 Å². The normalized spacial score (nSPS) is 16.4. The van der Waals surface area contributed by atoms with Crippen LogP contribution in [-0.4, -0.2) is 35.0 Å². The Morgan fingerprint density at radius 3 is 2.48 bits per heavy atom. The van der Waals surface area contributed by atoms with Gasteiger partial charge in [-0.1, -0.05) is 6.92 Å². The van der Waals surface area contributed by atoms with Crippen molar-refractivity contribution in [2.24, 2.45) is 10.6 Å². The van der Waals surface area contributed by atoms with Gasteiger partial charge >= 0.3 is 0 Å². The number of primary sulfonamides is 1. The van der Waals surface area contributed by atoms with E-state index >= 15 is 0 Å². The van der Waals surface area contributed by atoms with E-state index in [0.717, 1.165) is 12.8 Å². The molecule has 0 bridgehead atoms. The third-order valence-electron chi connectivity index (χ3n) is 3.79. The molecule has 1 fully saturated rings. The molecule has 116 valence electrons. The van der Waals surface area contributed by atoms with Crippen LogP contribution in [0.4, 0.5) is 5.69 Å². The second kappa shape index (κ2) is 5.31. The van der Waals surface area contributed by atoms with Crippen molar-refractivity contribution in [2.75, 3.05) is 25.5 Å². The number of anilines is 1. The molecule has 1 aliphatic rings. The van der Waals surface area contributed by atoms with Gasteiger partial charge in [-0.25, -0.2) is 13.6 Å². The molecule has 3 N–H and O–H groups in total. The summed E-state index contributed by atoms with van der Waals surface area (Å²) < 4.78 is 23.4. The van der Waals surface area contributed by atoms with Crippen molar-refractivity contribution in [3.05, 3.63) is 23.8 Å². The molecule has 1 amide bonds. The molecule has 21 heavy (non-hydrogen) atoms. The molecule has 0 heterocycles. The highest BCUT2D eigenvalue weighted by atomic mass is 32.2. The Hall–Kier alpha value is -1.60. The number of carbonyl (C=O) groups is 1. The molecule has 0 aromatic heterocycles. The van der Waals surface area contributed by atoms with Crippen molar-refractivity contribution in [1.29, 1.82) is 0 Å². The second-order valence-corrected chi connectivity index (χ2v) is 7.65. The zero-order valence-corrected chi connectivity index (χ0v) is 13.3. The number of sulfonamides is 1. The van der Waals surface area contributed by atoms with Crippen LogP contribution in [0.2, 0.25) is 0 Å². The summed E-state index contributed by atoms with van der Waals surface area (Å²) in [4.78, 5) is 13.7. The average molecular weight is 311 g/mol. The van der Waals surface area contributed by atoms with Crippen molar-refractivity contribution in [1.82, 2.24) is 5.32 Å².